The molecule has 6 heteroatoms. The predicted molar refractivity (Wildman–Crippen MR) is 79.9 cm³/mol. The van der Waals surface area contributed by atoms with Crippen LogP contribution in [0.4, 0.5) is 4.39 Å². The third kappa shape index (κ3) is 3.55. The highest BCUT2D eigenvalue weighted by molar-refractivity contribution is 7.80. The minimum atomic E-state index is -0.235. The van der Waals surface area contributed by atoms with E-state index in [1.807, 2.05) is 7.05 Å². The molecule has 0 unspecified atom stereocenters. The van der Waals surface area contributed by atoms with Gasteiger partial charge in [-0.05, 0) is 24.4 Å². The Morgan fingerprint density at radius 3 is 2.63 bits per heavy atom. The van der Waals surface area contributed by atoms with Gasteiger partial charge in [-0.1, -0.05) is 17.7 Å². The average Bonchev–Trinajstić information content (AvgIpc) is 2.43. The number of nitrogens with zero attached hydrogens (tertiary/aromatic N) is 2. The third-order valence-electron chi connectivity index (χ3n) is 3.32. The van der Waals surface area contributed by atoms with Gasteiger partial charge >= 0.3 is 0 Å². The van der Waals surface area contributed by atoms with Crippen LogP contribution in [0.1, 0.15) is 5.56 Å². The zero-order valence-electron chi connectivity index (χ0n) is 10.8. The molecule has 2 rings (SSSR count). The molecule has 0 atom stereocenters. The maximum Gasteiger partial charge on any atom is 0.168 e. The van der Waals surface area contributed by atoms with Crippen molar-refractivity contribution in [3.63, 3.8) is 0 Å². The topological polar surface area (TPSA) is 18.5 Å². The van der Waals surface area contributed by atoms with Crippen molar-refractivity contribution in [1.29, 1.82) is 0 Å². The van der Waals surface area contributed by atoms with E-state index in [1.165, 1.54) is 6.07 Å². The molecule has 1 aromatic rings. The Hall–Kier alpha value is -0.910. The summed E-state index contributed by atoms with van der Waals surface area (Å²) in [6.07, 6.45) is 0. The molecule has 0 amide bonds. The lowest BCUT2D eigenvalue weighted by atomic mass is 10.2. The normalized spacial score (nSPS) is 16.5. The van der Waals surface area contributed by atoms with Crippen LogP contribution in [0.3, 0.4) is 0 Å². The fourth-order valence-corrected chi connectivity index (χ4v) is 2.58. The Morgan fingerprint density at radius 1 is 1.37 bits per heavy atom. The predicted octanol–water partition coefficient (Wildman–Crippen LogP) is 2.10. The van der Waals surface area contributed by atoms with Crippen LogP contribution in [-0.2, 0) is 6.54 Å². The van der Waals surface area contributed by atoms with E-state index in [0.29, 0.717) is 17.1 Å². The van der Waals surface area contributed by atoms with Gasteiger partial charge in [-0.2, -0.15) is 0 Å². The summed E-state index contributed by atoms with van der Waals surface area (Å²) < 4.78 is 13.7. The fraction of sp³-hybridized carbons (Fsp3) is 0.462. The highest BCUT2D eigenvalue weighted by Crippen LogP contribution is 2.21. The largest absolute Gasteiger partial charge is 0.366 e. The smallest absolute Gasteiger partial charge is 0.168 e. The summed E-state index contributed by atoms with van der Waals surface area (Å²) in [7, 11) is 1.83. The van der Waals surface area contributed by atoms with Gasteiger partial charge < -0.3 is 10.2 Å². The minimum absolute atomic E-state index is 0.235. The monoisotopic (exact) mass is 301 g/mol. The number of halogens is 2. The molecular weight excluding hydrogens is 285 g/mol. The van der Waals surface area contributed by atoms with Crippen molar-refractivity contribution < 1.29 is 4.39 Å². The zero-order chi connectivity index (χ0) is 13.8. The van der Waals surface area contributed by atoms with Crippen LogP contribution in [0.15, 0.2) is 18.2 Å². The number of hydrogen-bond acceptors (Lipinski definition) is 2. The molecule has 0 spiro atoms. The molecule has 104 valence electrons. The number of thiocarbonyl (C=S) groups is 1. The van der Waals surface area contributed by atoms with Gasteiger partial charge in [0.15, 0.2) is 5.11 Å². The first-order valence-electron chi connectivity index (χ1n) is 6.23. The molecule has 1 N–H and O–H groups in total. The first kappa shape index (κ1) is 14.5. The molecule has 0 radical (unpaired) electrons. The summed E-state index contributed by atoms with van der Waals surface area (Å²) in [4.78, 5) is 4.31. The Labute approximate surface area is 123 Å². The average molecular weight is 302 g/mol. The minimum Gasteiger partial charge on any atom is -0.366 e. The number of piperazine rings is 1. The van der Waals surface area contributed by atoms with Gasteiger partial charge in [0.2, 0.25) is 0 Å². The second kappa shape index (κ2) is 6.50. The Bertz CT molecular complexity index is 441. The van der Waals surface area contributed by atoms with E-state index < -0.39 is 0 Å². The molecule has 1 aromatic carbocycles. The number of rotatable bonds is 2. The summed E-state index contributed by atoms with van der Waals surface area (Å²) in [5.74, 6) is -0.235. The second-order valence-corrected chi connectivity index (χ2v) is 5.31. The first-order chi connectivity index (χ1) is 9.11. The lowest BCUT2D eigenvalue weighted by molar-refractivity contribution is 0.173. The van der Waals surface area contributed by atoms with Crippen LogP contribution in [0, 0.1) is 5.82 Å². The lowest BCUT2D eigenvalue weighted by Crippen LogP contribution is -2.50. The van der Waals surface area contributed by atoms with Gasteiger partial charge in [-0.25, -0.2) is 4.39 Å². The molecule has 1 heterocycles. The third-order valence-corrected chi connectivity index (χ3v) is 4.13. The lowest BCUT2D eigenvalue weighted by Gasteiger charge is -2.36. The van der Waals surface area contributed by atoms with Crippen molar-refractivity contribution in [1.82, 2.24) is 15.1 Å². The zero-order valence-corrected chi connectivity index (χ0v) is 12.4. The van der Waals surface area contributed by atoms with Gasteiger partial charge in [0.1, 0.15) is 5.82 Å². The summed E-state index contributed by atoms with van der Waals surface area (Å²) in [6.45, 7) is 3.96. The van der Waals surface area contributed by atoms with Crippen molar-refractivity contribution in [3.8, 4) is 0 Å². The number of benzene rings is 1. The highest BCUT2D eigenvalue weighted by atomic mass is 35.5. The van der Waals surface area contributed by atoms with Crippen LogP contribution < -0.4 is 5.32 Å². The molecule has 19 heavy (non-hydrogen) atoms. The Balaban J connectivity index is 1.94. The number of nitrogens with one attached hydrogen (secondary N) is 1. The quantitative estimate of drug-likeness (QED) is 0.843. The maximum atomic E-state index is 13.7. The Morgan fingerprint density at radius 2 is 2.05 bits per heavy atom. The number of hydrogen-bond donors (Lipinski definition) is 1. The van der Waals surface area contributed by atoms with Crippen LogP contribution in [0.25, 0.3) is 0 Å². The fourth-order valence-electron chi connectivity index (χ4n) is 2.17. The summed E-state index contributed by atoms with van der Waals surface area (Å²) in [6, 6.07) is 4.81. The van der Waals surface area contributed by atoms with Crippen LogP contribution >= 0.6 is 23.8 Å². The van der Waals surface area contributed by atoms with Crippen molar-refractivity contribution in [2.45, 2.75) is 6.54 Å². The van der Waals surface area contributed by atoms with E-state index in [0.717, 1.165) is 31.3 Å². The van der Waals surface area contributed by atoms with Crippen molar-refractivity contribution in [2.24, 2.45) is 0 Å². The van der Waals surface area contributed by atoms with E-state index in [4.69, 9.17) is 23.8 Å². The summed E-state index contributed by atoms with van der Waals surface area (Å²) in [5, 5.41) is 4.24. The first-order valence-corrected chi connectivity index (χ1v) is 7.02. The molecule has 0 bridgehead atoms. The SMILES string of the molecule is CNC(=S)N1CCN(Cc2c(F)cccc2Cl)CC1. The van der Waals surface area contributed by atoms with E-state index in [9.17, 15) is 4.39 Å². The molecule has 0 aliphatic carbocycles. The molecule has 3 nitrogen and oxygen atoms in total. The van der Waals surface area contributed by atoms with E-state index >= 15 is 0 Å². The summed E-state index contributed by atoms with van der Waals surface area (Å²) >= 11 is 11.2. The molecule has 1 fully saturated rings. The maximum absolute atomic E-state index is 13.7. The molecule has 1 saturated heterocycles. The van der Waals surface area contributed by atoms with Crippen molar-refractivity contribution >= 4 is 28.9 Å². The van der Waals surface area contributed by atoms with Gasteiger partial charge in [0.05, 0.1) is 0 Å². The van der Waals surface area contributed by atoms with Crippen LogP contribution in [-0.4, -0.2) is 48.1 Å². The molecule has 1 aliphatic heterocycles. The van der Waals surface area contributed by atoms with Gasteiger partial charge in [0, 0.05) is 50.4 Å². The van der Waals surface area contributed by atoms with Gasteiger partial charge in [0.25, 0.3) is 0 Å². The Kier molecular flexibility index (Phi) is 4.96. The second-order valence-electron chi connectivity index (χ2n) is 4.52. The molecule has 0 saturated carbocycles. The van der Waals surface area contributed by atoms with Gasteiger partial charge in [-0.15, -0.1) is 0 Å². The van der Waals surface area contributed by atoms with Crippen molar-refractivity contribution in [2.75, 3.05) is 33.2 Å². The van der Waals surface area contributed by atoms with Crippen LogP contribution in [0.2, 0.25) is 5.02 Å². The van der Waals surface area contributed by atoms with Crippen molar-refractivity contribution in [3.05, 3.63) is 34.6 Å². The van der Waals surface area contributed by atoms with Crippen LogP contribution in [0.5, 0.6) is 0 Å². The van der Waals surface area contributed by atoms with E-state index in [-0.39, 0.29) is 5.82 Å². The highest BCUT2D eigenvalue weighted by Gasteiger charge is 2.20. The molecule has 1 aliphatic rings. The summed E-state index contributed by atoms with van der Waals surface area (Å²) in [5.41, 5.74) is 0.578. The molecule has 0 aromatic heterocycles. The van der Waals surface area contributed by atoms with E-state index in [1.54, 1.807) is 12.1 Å². The molecular formula is C13H17ClFN3S. The standard InChI is InChI=1S/C13H17ClFN3S/c1-16-13(19)18-7-5-17(6-8-18)9-10-11(14)3-2-4-12(10)15/h2-4H,5-9H2,1H3,(H,16,19). The van der Waals surface area contributed by atoms with E-state index in [2.05, 4.69) is 15.1 Å². The van der Waals surface area contributed by atoms with Gasteiger partial charge in [-0.3, -0.25) is 4.90 Å².